The zero-order chi connectivity index (χ0) is 13.6. The molecule has 0 aliphatic carbocycles. The van der Waals surface area contributed by atoms with E-state index in [2.05, 4.69) is 16.7 Å². The van der Waals surface area contributed by atoms with Gasteiger partial charge >= 0.3 is 0 Å². The molecule has 1 rings (SSSR count). The van der Waals surface area contributed by atoms with E-state index in [1.54, 1.807) is 0 Å². The molecule has 0 radical (unpaired) electrons. The first-order chi connectivity index (χ1) is 8.42. The van der Waals surface area contributed by atoms with Gasteiger partial charge in [-0.3, -0.25) is 9.80 Å². The van der Waals surface area contributed by atoms with Gasteiger partial charge in [0, 0.05) is 51.6 Å². The summed E-state index contributed by atoms with van der Waals surface area (Å²) < 4.78 is 27.7. The summed E-state index contributed by atoms with van der Waals surface area (Å²) in [4.78, 5) is 4.65. The molecule has 1 fully saturated rings. The van der Waals surface area contributed by atoms with Crippen molar-refractivity contribution in [1.82, 2.24) is 9.80 Å². The van der Waals surface area contributed by atoms with Crippen LogP contribution in [0, 0.1) is 0 Å². The molecule has 0 aromatic heterocycles. The topological polar surface area (TPSA) is 49.9 Å². The Hall–Kier alpha value is -0.170. The summed E-state index contributed by atoms with van der Waals surface area (Å²) in [6.07, 6.45) is 1.30. The zero-order valence-electron chi connectivity index (χ0n) is 11.8. The molecule has 1 atom stereocenters. The van der Waals surface area contributed by atoms with Crippen LogP contribution in [0.4, 0.5) is 0 Å². The summed E-state index contributed by atoms with van der Waals surface area (Å²) in [5.74, 6) is 0.263. The highest BCUT2D eigenvalue weighted by molar-refractivity contribution is 7.90. The summed E-state index contributed by atoms with van der Waals surface area (Å²) in [6.45, 7) is 10.3. The number of nitrogens with zero attached hydrogens (tertiary/aromatic N) is 2. The number of sulfone groups is 1. The fourth-order valence-electron chi connectivity index (χ4n) is 2.23. The summed E-state index contributed by atoms with van der Waals surface area (Å²) in [5, 5.41) is 0. The summed E-state index contributed by atoms with van der Waals surface area (Å²) >= 11 is 0. The maximum absolute atomic E-state index is 11.1. The van der Waals surface area contributed by atoms with Gasteiger partial charge in [-0.1, -0.05) is 0 Å². The molecule has 6 heteroatoms. The molecule has 0 saturated carbocycles. The monoisotopic (exact) mass is 278 g/mol. The highest BCUT2D eigenvalue weighted by Crippen LogP contribution is 2.09. The molecule has 0 amide bonds. The van der Waals surface area contributed by atoms with Gasteiger partial charge in [0.25, 0.3) is 0 Å². The first-order valence-electron chi connectivity index (χ1n) is 6.64. The van der Waals surface area contributed by atoms with E-state index in [0.717, 1.165) is 39.4 Å². The minimum Gasteiger partial charge on any atom is -0.380 e. The second-order valence-corrected chi connectivity index (χ2v) is 7.27. The van der Waals surface area contributed by atoms with E-state index < -0.39 is 9.84 Å². The lowest BCUT2D eigenvalue weighted by molar-refractivity contribution is 0.0516. The number of hydrogen-bond acceptors (Lipinski definition) is 5. The number of ether oxygens (including phenoxy) is 1. The van der Waals surface area contributed by atoms with Crippen molar-refractivity contribution in [2.24, 2.45) is 0 Å². The Morgan fingerprint density at radius 2 is 2.00 bits per heavy atom. The molecule has 0 unspecified atom stereocenters. The molecule has 5 nitrogen and oxygen atoms in total. The van der Waals surface area contributed by atoms with Crippen LogP contribution < -0.4 is 0 Å². The third-order valence-corrected chi connectivity index (χ3v) is 4.28. The third-order valence-electron chi connectivity index (χ3n) is 3.35. The van der Waals surface area contributed by atoms with Gasteiger partial charge in [-0.2, -0.15) is 0 Å². The number of rotatable bonds is 7. The van der Waals surface area contributed by atoms with Gasteiger partial charge in [-0.15, -0.1) is 0 Å². The molecular weight excluding hydrogens is 252 g/mol. The fraction of sp³-hybridized carbons (Fsp3) is 1.00. The molecule has 0 spiro atoms. The second-order valence-electron chi connectivity index (χ2n) is 5.01. The molecule has 0 N–H and O–H groups in total. The molecule has 0 aromatic carbocycles. The SMILES string of the molecule is CCOCCN1CCN(CCS(C)(=O)=O)C[C@H]1C. The van der Waals surface area contributed by atoms with Gasteiger partial charge in [0.1, 0.15) is 9.84 Å². The van der Waals surface area contributed by atoms with Crippen molar-refractivity contribution in [2.75, 3.05) is 57.9 Å². The van der Waals surface area contributed by atoms with Crippen LogP contribution in [0.2, 0.25) is 0 Å². The molecule has 18 heavy (non-hydrogen) atoms. The van der Waals surface area contributed by atoms with Crippen molar-refractivity contribution in [3.8, 4) is 0 Å². The number of hydrogen-bond donors (Lipinski definition) is 0. The summed E-state index contributed by atoms with van der Waals surface area (Å²) in [5.41, 5.74) is 0. The van der Waals surface area contributed by atoms with Crippen LogP contribution in [-0.4, -0.2) is 82.2 Å². The Morgan fingerprint density at radius 3 is 2.56 bits per heavy atom. The Balaban J connectivity index is 2.27. The van der Waals surface area contributed by atoms with Gasteiger partial charge in [0.05, 0.1) is 12.4 Å². The normalized spacial score (nSPS) is 23.4. The minimum atomic E-state index is -2.85. The minimum absolute atomic E-state index is 0.263. The van der Waals surface area contributed by atoms with E-state index in [-0.39, 0.29) is 5.75 Å². The molecule has 1 heterocycles. The van der Waals surface area contributed by atoms with Crippen LogP contribution in [0.25, 0.3) is 0 Å². The molecular formula is C12H26N2O3S. The molecule has 108 valence electrons. The van der Waals surface area contributed by atoms with E-state index in [9.17, 15) is 8.42 Å². The van der Waals surface area contributed by atoms with E-state index in [0.29, 0.717) is 12.6 Å². The quantitative estimate of drug-likeness (QED) is 0.617. The average Bonchev–Trinajstić information content (AvgIpc) is 2.28. The van der Waals surface area contributed by atoms with E-state index >= 15 is 0 Å². The van der Waals surface area contributed by atoms with Crippen molar-refractivity contribution in [1.29, 1.82) is 0 Å². The fourth-order valence-corrected chi connectivity index (χ4v) is 2.82. The van der Waals surface area contributed by atoms with E-state index in [1.807, 2.05) is 6.92 Å². The standard InChI is InChI=1S/C12H26N2O3S/c1-4-17-9-7-14-6-5-13(11-12(14)2)8-10-18(3,15)16/h12H,4-11H2,1-3H3/t12-/m1/s1. The Morgan fingerprint density at radius 1 is 1.28 bits per heavy atom. The maximum atomic E-state index is 11.1. The van der Waals surface area contributed by atoms with Gasteiger partial charge in [-0.25, -0.2) is 8.42 Å². The first-order valence-corrected chi connectivity index (χ1v) is 8.70. The number of piperazine rings is 1. The van der Waals surface area contributed by atoms with Crippen LogP contribution in [0.1, 0.15) is 13.8 Å². The highest BCUT2D eigenvalue weighted by atomic mass is 32.2. The molecule has 0 aromatic rings. The lowest BCUT2D eigenvalue weighted by atomic mass is 10.2. The maximum Gasteiger partial charge on any atom is 0.148 e. The highest BCUT2D eigenvalue weighted by Gasteiger charge is 2.23. The van der Waals surface area contributed by atoms with Crippen LogP contribution in [-0.2, 0) is 14.6 Å². The van der Waals surface area contributed by atoms with Crippen LogP contribution in [0.5, 0.6) is 0 Å². The van der Waals surface area contributed by atoms with E-state index in [1.165, 1.54) is 6.26 Å². The van der Waals surface area contributed by atoms with Gasteiger partial charge in [0.15, 0.2) is 0 Å². The Bertz CT molecular complexity index is 332. The van der Waals surface area contributed by atoms with Crippen molar-refractivity contribution < 1.29 is 13.2 Å². The van der Waals surface area contributed by atoms with Crippen molar-refractivity contribution >= 4 is 9.84 Å². The van der Waals surface area contributed by atoms with Crippen molar-refractivity contribution in [3.63, 3.8) is 0 Å². The molecule has 1 saturated heterocycles. The van der Waals surface area contributed by atoms with Crippen LogP contribution >= 0.6 is 0 Å². The predicted octanol–water partition coefficient (Wildman–Crippen LogP) is 0.0736. The molecule has 1 aliphatic rings. The van der Waals surface area contributed by atoms with Crippen molar-refractivity contribution in [3.05, 3.63) is 0 Å². The largest absolute Gasteiger partial charge is 0.380 e. The van der Waals surface area contributed by atoms with Crippen LogP contribution in [0.3, 0.4) is 0 Å². The van der Waals surface area contributed by atoms with Gasteiger partial charge < -0.3 is 4.74 Å². The lowest BCUT2D eigenvalue weighted by Gasteiger charge is -2.39. The average molecular weight is 278 g/mol. The Kier molecular flexibility index (Phi) is 6.55. The summed E-state index contributed by atoms with van der Waals surface area (Å²) in [6, 6.07) is 0.471. The van der Waals surface area contributed by atoms with Gasteiger partial charge in [0.2, 0.25) is 0 Å². The van der Waals surface area contributed by atoms with Crippen LogP contribution in [0.15, 0.2) is 0 Å². The zero-order valence-corrected chi connectivity index (χ0v) is 12.6. The first kappa shape index (κ1) is 15.9. The lowest BCUT2D eigenvalue weighted by Crippen LogP contribution is -2.53. The van der Waals surface area contributed by atoms with E-state index in [4.69, 9.17) is 4.74 Å². The second kappa shape index (κ2) is 7.43. The van der Waals surface area contributed by atoms with Gasteiger partial charge in [-0.05, 0) is 13.8 Å². The van der Waals surface area contributed by atoms with Crippen molar-refractivity contribution in [2.45, 2.75) is 19.9 Å². The molecule has 1 aliphatic heterocycles. The predicted molar refractivity (Wildman–Crippen MR) is 73.7 cm³/mol. The third kappa shape index (κ3) is 6.13. The summed E-state index contributed by atoms with van der Waals surface area (Å²) in [7, 11) is -2.85. The molecule has 0 bridgehead atoms. The smallest absolute Gasteiger partial charge is 0.148 e. The Labute approximate surface area is 111 Å².